The van der Waals surface area contributed by atoms with Crippen molar-refractivity contribution in [2.45, 2.75) is 210 Å². The van der Waals surface area contributed by atoms with Gasteiger partial charge in [0.25, 0.3) is 0 Å². The third-order valence-corrected chi connectivity index (χ3v) is 27.9. The second kappa shape index (κ2) is 46.6. The first-order valence-corrected chi connectivity index (χ1v) is 45.9. The summed E-state index contributed by atoms with van der Waals surface area (Å²) in [5, 5.41) is 9.01. The number of esters is 1. The summed E-state index contributed by atoms with van der Waals surface area (Å²) in [6, 6.07) is 55.6. The van der Waals surface area contributed by atoms with E-state index in [2.05, 4.69) is 38.8 Å². The van der Waals surface area contributed by atoms with Crippen LogP contribution in [0.2, 0.25) is 0 Å². The number of carbonyl (C=O) groups excluding carboxylic acids is 1. The van der Waals surface area contributed by atoms with E-state index in [1.165, 1.54) is 135 Å². The average Bonchev–Trinajstić information content (AvgIpc) is 0.769. The lowest BCUT2D eigenvalue weighted by atomic mass is 9.87. The third-order valence-electron chi connectivity index (χ3n) is 19.8. The molecule has 10 aromatic rings. The summed E-state index contributed by atoms with van der Waals surface area (Å²) in [4.78, 5) is 15.4. The molecule has 10 aromatic carbocycles. The summed E-state index contributed by atoms with van der Waals surface area (Å²) in [7, 11) is -19.2. The van der Waals surface area contributed by atoms with Gasteiger partial charge in [-0.1, -0.05) is 138 Å². The number of hydrogen-bond donors (Lipinski definition) is 1. The van der Waals surface area contributed by atoms with Crippen LogP contribution in [0.3, 0.4) is 0 Å². The van der Waals surface area contributed by atoms with Gasteiger partial charge in [-0.25, -0.2) is 52.0 Å². The molecule has 1 aliphatic rings. The molecule has 0 aromatic heterocycles. The lowest BCUT2D eigenvalue weighted by molar-refractivity contribution is -0.213. The molecule has 1 N–H and O–H groups in total. The SMILES string of the molecule is CCC(C)(C)C(=O)OC(OCCC1CCCCC1)C(C)(C)C.CCC(C)c1ccc(O)cc1.CCC(C)c1ccc(OS(=O)(=O)C(F)(F)S(=O)(=O)[O-])cc1.CCC(C)c1ccc(Oc2c(F)c(F)c(S(=O)(=O)[O-])c(F)c2F)cc1.Fc1ccc([S+](c2ccc(F)cc2)c2ccc(F)cc2)cc1.Fc1ccc([S+](c2ccc(F)cc2)c2ccc(F)cc2)cc1. The minimum Gasteiger partial charge on any atom is -0.744 e. The fraction of sp³-hybridized carbons (Fsp3) is 0.337. The van der Waals surface area contributed by atoms with Crippen LogP contribution in [0, 0.1) is 74.9 Å². The Hall–Kier alpha value is -9.34. The van der Waals surface area contributed by atoms with Crippen LogP contribution >= 0.6 is 0 Å². The molecule has 0 radical (unpaired) electrons. The number of phenols is 1. The molecule has 0 saturated heterocycles. The highest BCUT2D eigenvalue weighted by atomic mass is 32.3. The predicted octanol–water partition coefficient (Wildman–Crippen LogP) is 25.1. The lowest BCUT2D eigenvalue weighted by Gasteiger charge is -2.33. The second-order valence-corrected chi connectivity index (χ2v) is 39.1. The monoisotopic (exact) mass is 1820 g/mol. The van der Waals surface area contributed by atoms with E-state index in [0.29, 0.717) is 18.3 Å². The van der Waals surface area contributed by atoms with Gasteiger partial charge in [-0.15, -0.1) is 0 Å². The molecule has 1 fully saturated rings. The highest BCUT2D eigenvalue weighted by Gasteiger charge is 2.55. The molecular weight excluding hydrogens is 1720 g/mol. The van der Waals surface area contributed by atoms with Gasteiger partial charge in [0.15, 0.2) is 51.1 Å². The van der Waals surface area contributed by atoms with Crippen molar-refractivity contribution in [1.29, 1.82) is 0 Å². The summed E-state index contributed by atoms with van der Waals surface area (Å²) in [5.41, 5.74) is 2.39. The van der Waals surface area contributed by atoms with Crippen LogP contribution in [0.15, 0.2) is 253 Å². The Morgan fingerprint density at radius 3 is 1.02 bits per heavy atom. The lowest BCUT2D eigenvalue weighted by Crippen LogP contribution is -2.40. The smallest absolute Gasteiger partial charge is 0.470 e. The molecule has 0 amide bonds. The van der Waals surface area contributed by atoms with Gasteiger partial charge >= 0.3 is 20.7 Å². The topological polar surface area (TPSA) is 223 Å². The number of carbonyl (C=O) groups is 1. The fourth-order valence-corrected chi connectivity index (χ4v) is 17.7. The van der Waals surface area contributed by atoms with Gasteiger partial charge in [-0.05, 0) is 268 Å². The highest BCUT2D eigenvalue weighted by Crippen LogP contribution is 2.39. The van der Waals surface area contributed by atoms with Crippen molar-refractivity contribution < 1.29 is 115 Å². The van der Waals surface area contributed by atoms with Crippen molar-refractivity contribution >= 4 is 58.1 Å². The molecule has 0 spiro atoms. The maximum Gasteiger partial charge on any atom is 0.470 e. The van der Waals surface area contributed by atoms with E-state index in [0.717, 1.165) is 90.7 Å². The maximum atomic E-state index is 13.9. The first-order valence-electron chi connectivity index (χ1n) is 39.3. The van der Waals surface area contributed by atoms with Crippen molar-refractivity contribution in [3.63, 3.8) is 0 Å². The van der Waals surface area contributed by atoms with Crippen LogP contribution in [-0.2, 0) is 66.4 Å². The summed E-state index contributed by atoms with van der Waals surface area (Å²) in [6.45, 7) is 24.9. The Morgan fingerprint density at radius 2 is 0.748 bits per heavy atom. The Balaban J connectivity index is 0.000000231. The average molecular weight is 1820 g/mol. The number of halogens is 12. The van der Waals surface area contributed by atoms with Crippen molar-refractivity contribution in [2.24, 2.45) is 16.7 Å². The van der Waals surface area contributed by atoms with Crippen molar-refractivity contribution in [3.05, 3.63) is 293 Å². The van der Waals surface area contributed by atoms with E-state index in [-0.39, 0.29) is 63.9 Å². The van der Waals surface area contributed by atoms with Crippen molar-refractivity contribution in [2.75, 3.05) is 6.61 Å². The Morgan fingerprint density at radius 1 is 0.447 bits per heavy atom. The van der Waals surface area contributed by atoms with E-state index >= 15 is 0 Å². The molecule has 4 unspecified atom stereocenters. The minimum absolute atomic E-state index is 0.124. The highest BCUT2D eigenvalue weighted by molar-refractivity contribution is 8.05. The molecule has 0 bridgehead atoms. The number of phenolic OH excluding ortho intramolecular Hbond substituents is 1. The van der Waals surface area contributed by atoms with Gasteiger partial charge in [0.05, 0.1) is 33.8 Å². The van der Waals surface area contributed by atoms with Crippen LogP contribution in [0.4, 0.5) is 52.7 Å². The molecule has 11 rings (SSSR count). The molecule has 666 valence electrons. The van der Waals surface area contributed by atoms with Crippen LogP contribution in [-0.4, -0.2) is 62.9 Å². The second-order valence-electron chi connectivity index (χ2n) is 30.4. The first kappa shape index (κ1) is 102. The number of hydrogen-bond acceptors (Lipinski definition) is 14. The van der Waals surface area contributed by atoms with E-state index in [4.69, 9.17) is 19.3 Å². The first-order chi connectivity index (χ1) is 57.7. The Bertz CT molecular complexity index is 4940. The van der Waals surface area contributed by atoms with Gasteiger partial charge in [0.2, 0.25) is 23.7 Å². The van der Waals surface area contributed by atoms with E-state index in [1.807, 2.05) is 60.6 Å². The summed E-state index contributed by atoms with van der Waals surface area (Å²) >= 11 is 0. The number of ether oxygens (including phenoxy) is 3. The number of benzene rings is 10. The van der Waals surface area contributed by atoms with Gasteiger partial charge in [0, 0.05) is 5.41 Å². The van der Waals surface area contributed by atoms with Crippen molar-refractivity contribution in [1.82, 2.24) is 0 Å². The standard InChI is InChI=1S/C19H36O3.2C18H12F3S.C16H14F4O4S.C11H14F2O6S2.C10H14O/c1-7-19(5,6)16(20)22-17(18(2,3)4)21-14-13-15-11-9-8-10-12-15;2*19-13-1-7-16(8-2-13)22(17-9-3-14(20)4-10-17)18-11-5-15(21)6-12-18;1-3-8(2)9-4-6-10(7-5-9)24-15-11(17)13(19)16(25(21,22)23)14(20)12(15)18;1-3-8(2)9-4-6-10(7-5-9)19-21(17,18)11(12,13)20(14,15)16;1-3-8(2)9-4-6-10(11)7-5-9/h15,17H,7-14H2,1-6H3;2*1-12H;4-8H,3H2,1-2H3,(H,21,22,23);4-8H,3H2,1-2H3,(H,14,15,16);4-8,11H,3H2,1-2H3/q;2*+1;;;/p-2. The Kier molecular flexibility index (Phi) is 38.8. The molecule has 1 saturated carbocycles. The van der Waals surface area contributed by atoms with E-state index in [1.54, 1.807) is 97.1 Å². The van der Waals surface area contributed by atoms with Crippen LogP contribution in [0.5, 0.6) is 23.0 Å². The number of alkyl halides is 2. The summed E-state index contributed by atoms with van der Waals surface area (Å²) < 4.78 is 261. The van der Waals surface area contributed by atoms with Gasteiger partial charge < -0.3 is 32.6 Å². The third kappa shape index (κ3) is 30.5. The van der Waals surface area contributed by atoms with E-state index in [9.17, 15) is 91.8 Å². The van der Waals surface area contributed by atoms with Gasteiger partial charge in [-0.3, -0.25) is 4.79 Å². The quantitative estimate of drug-likeness (QED) is 0.0101. The molecule has 123 heavy (non-hydrogen) atoms. The molecular formula is C92H100F12O14S5. The largest absolute Gasteiger partial charge is 0.744 e. The normalized spacial score (nSPS) is 13.6. The van der Waals surface area contributed by atoms with E-state index < -0.39 is 108 Å². The molecule has 1 aliphatic carbocycles. The molecule has 0 aliphatic heterocycles. The zero-order chi connectivity index (χ0) is 91.5. The predicted molar refractivity (Wildman–Crippen MR) is 449 cm³/mol. The number of rotatable bonds is 26. The summed E-state index contributed by atoms with van der Waals surface area (Å²) in [6.07, 6.45) is 10.9. The zero-order valence-electron chi connectivity index (χ0n) is 69.8. The summed E-state index contributed by atoms with van der Waals surface area (Å²) in [5.74, 6) is -10.9. The fourth-order valence-electron chi connectivity index (χ4n) is 11.5. The van der Waals surface area contributed by atoms with Gasteiger partial charge in [0.1, 0.15) is 67.2 Å². The van der Waals surface area contributed by atoms with Crippen LogP contribution in [0.1, 0.15) is 182 Å². The van der Waals surface area contributed by atoms with Crippen LogP contribution in [0.25, 0.3) is 0 Å². The zero-order valence-corrected chi connectivity index (χ0v) is 73.9. The Labute approximate surface area is 718 Å². The van der Waals surface area contributed by atoms with Crippen LogP contribution < -0.4 is 8.92 Å². The molecule has 4 atom stereocenters. The minimum atomic E-state index is -6.40. The molecule has 31 heteroatoms. The number of aromatic hydroxyl groups is 1. The molecule has 14 nitrogen and oxygen atoms in total. The van der Waals surface area contributed by atoms with Gasteiger partial charge in [-0.2, -0.15) is 26.0 Å². The van der Waals surface area contributed by atoms with Crippen molar-refractivity contribution in [3.8, 4) is 23.0 Å². The maximum absolute atomic E-state index is 13.9. The molecule has 0 heterocycles.